The summed E-state index contributed by atoms with van der Waals surface area (Å²) in [6.45, 7) is 0.292. The van der Waals surface area contributed by atoms with E-state index in [9.17, 15) is 14.0 Å². The van der Waals surface area contributed by atoms with E-state index in [1.807, 2.05) is 18.2 Å². The summed E-state index contributed by atoms with van der Waals surface area (Å²) in [6.07, 6.45) is 3.35. The first-order valence-corrected chi connectivity index (χ1v) is 9.93. The van der Waals surface area contributed by atoms with Gasteiger partial charge in [-0.1, -0.05) is 42.4 Å². The molecule has 1 saturated carbocycles. The van der Waals surface area contributed by atoms with Crippen molar-refractivity contribution in [3.8, 4) is 0 Å². The number of hydrogen-bond acceptors (Lipinski definition) is 4. The minimum Gasteiger partial charge on any atom is -0.298 e. The van der Waals surface area contributed by atoms with E-state index in [0.717, 1.165) is 24.8 Å². The topological polar surface area (TPSA) is 52.0 Å². The van der Waals surface area contributed by atoms with Crippen LogP contribution in [0.3, 0.4) is 0 Å². The van der Waals surface area contributed by atoms with E-state index in [4.69, 9.17) is 0 Å². The number of rotatable bonds is 4. The van der Waals surface area contributed by atoms with Gasteiger partial charge in [0, 0.05) is 6.42 Å². The van der Waals surface area contributed by atoms with Crippen molar-refractivity contribution in [3.05, 3.63) is 70.3 Å². The summed E-state index contributed by atoms with van der Waals surface area (Å²) in [4.78, 5) is 30.0. The van der Waals surface area contributed by atoms with Crippen molar-refractivity contribution in [2.75, 3.05) is 0 Å². The summed E-state index contributed by atoms with van der Waals surface area (Å²) in [7, 11) is 0. The number of Topliss-reactive ketones (excluding diaryl/α,β-unsaturated/α-hetero) is 1. The Kier molecular flexibility index (Phi) is 5.07. The Labute approximate surface area is 160 Å². The lowest BCUT2D eigenvalue weighted by Gasteiger charge is -2.21. The number of nitrogens with zero attached hydrogens (tertiary/aromatic N) is 2. The minimum absolute atomic E-state index is 0.143. The van der Waals surface area contributed by atoms with Crippen LogP contribution in [0.4, 0.5) is 4.39 Å². The van der Waals surface area contributed by atoms with Gasteiger partial charge < -0.3 is 0 Å². The van der Waals surface area contributed by atoms with E-state index in [1.54, 1.807) is 22.8 Å². The normalized spacial score (nSPS) is 17.4. The fraction of sp³-hybridized carbons (Fsp3) is 0.286. The summed E-state index contributed by atoms with van der Waals surface area (Å²) >= 11 is 1.38. The smallest absolute Gasteiger partial charge is 0.262 e. The summed E-state index contributed by atoms with van der Waals surface area (Å²) in [5.74, 6) is -0.0906. The van der Waals surface area contributed by atoms with E-state index >= 15 is 0 Å². The number of halogens is 1. The number of carbonyl (C=O) groups is 1. The zero-order valence-electron chi connectivity index (χ0n) is 14.7. The predicted octanol–water partition coefficient (Wildman–Crippen LogP) is 4.19. The largest absolute Gasteiger partial charge is 0.298 e. The maximum Gasteiger partial charge on any atom is 0.262 e. The Morgan fingerprint density at radius 3 is 2.63 bits per heavy atom. The summed E-state index contributed by atoms with van der Waals surface area (Å²) in [5, 5.41) is 0.925. The van der Waals surface area contributed by atoms with Gasteiger partial charge in [0.2, 0.25) is 0 Å². The van der Waals surface area contributed by atoms with E-state index in [-0.39, 0.29) is 22.4 Å². The van der Waals surface area contributed by atoms with Crippen LogP contribution >= 0.6 is 11.8 Å². The second-order valence-corrected chi connectivity index (χ2v) is 7.92. The molecule has 3 aromatic rings. The van der Waals surface area contributed by atoms with Gasteiger partial charge in [-0.3, -0.25) is 14.2 Å². The zero-order chi connectivity index (χ0) is 18.8. The zero-order valence-corrected chi connectivity index (χ0v) is 15.5. The molecule has 0 aliphatic heterocycles. The number of fused-ring (bicyclic) bond motifs is 1. The molecule has 6 heteroatoms. The monoisotopic (exact) mass is 382 g/mol. The lowest BCUT2D eigenvalue weighted by molar-refractivity contribution is -0.119. The van der Waals surface area contributed by atoms with E-state index in [0.29, 0.717) is 29.0 Å². The highest BCUT2D eigenvalue weighted by molar-refractivity contribution is 8.00. The van der Waals surface area contributed by atoms with Crippen LogP contribution in [0.25, 0.3) is 10.9 Å². The minimum atomic E-state index is -0.315. The van der Waals surface area contributed by atoms with Crippen molar-refractivity contribution in [1.82, 2.24) is 9.55 Å². The molecule has 1 fully saturated rings. The molecule has 0 spiro atoms. The molecule has 1 heterocycles. The first kappa shape index (κ1) is 17.9. The fourth-order valence-corrected chi connectivity index (χ4v) is 4.57. The lowest BCUT2D eigenvalue weighted by Crippen LogP contribution is -2.27. The van der Waals surface area contributed by atoms with Crippen molar-refractivity contribution in [2.24, 2.45) is 0 Å². The van der Waals surface area contributed by atoms with Gasteiger partial charge in [-0.05, 0) is 42.7 Å². The van der Waals surface area contributed by atoms with Gasteiger partial charge >= 0.3 is 0 Å². The van der Waals surface area contributed by atoms with Crippen molar-refractivity contribution >= 4 is 28.4 Å². The van der Waals surface area contributed by atoms with Crippen LogP contribution < -0.4 is 5.56 Å². The molecular formula is C21H19FN2O2S. The summed E-state index contributed by atoms with van der Waals surface area (Å²) in [6, 6.07) is 13.3. The molecule has 138 valence electrons. The number of thioether (sulfide) groups is 1. The molecule has 0 radical (unpaired) electrons. The van der Waals surface area contributed by atoms with Gasteiger partial charge in [0.15, 0.2) is 5.16 Å². The van der Waals surface area contributed by atoms with Crippen molar-refractivity contribution in [3.63, 3.8) is 0 Å². The average molecular weight is 382 g/mol. The van der Waals surface area contributed by atoms with Gasteiger partial charge in [0.25, 0.3) is 5.56 Å². The number of hydrogen-bond donors (Lipinski definition) is 0. The SMILES string of the molecule is O=C1CCCC[C@@H]1Sc1nc2ccccc2c(=O)n1Cc1ccc(F)cc1. The molecule has 4 rings (SSSR count). The van der Waals surface area contributed by atoms with Crippen LogP contribution in [-0.4, -0.2) is 20.6 Å². The first-order chi connectivity index (χ1) is 13.1. The second-order valence-electron chi connectivity index (χ2n) is 6.75. The van der Waals surface area contributed by atoms with Crippen LogP contribution in [0.1, 0.15) is 31.2 Å². The lowest BCUT2D eigenvalue weighted by atomic mass is 9.99. The Morgan fingerprint density at radius 2 is 1.85 bits per heavy atom. The van der Waals surface area contributed by atoms with Crippen LogP contribution in [0, 0.1) is 5.82 Å². The standard InChI is InChI=1S/C21H19FN2O2S/c22-15-11-9-14(10-12-15)13-24-20(26)16-5-1-2-6-17(16)23-21(24)27-19-8-4-3-7-18(19)25/h1-2,5-6,9-12,19H,3-4,7-8,13H2/t19-/m0/s1. The molecule has 1 aliphatic carbocycles. The predicted molar refractivity (Wildman–Crippen MR) is 105 cm³/mol. The molecule has 1 aliphatic rings. The molecule has 1 atom stereocenters. The molecule has 2 aromatic carbocycles. The van der Waals surface area contributed by atoms with Crippen molar-refractivity contribution in [1.29, 1.82) is 0 Å². The van der Waals surface area contributed by atoms with E-state index in [2.05, 4.69) is 4.98 Å². The van der Waals surface area contributed by atoms with Crippen LogP contribution in [0.5, 0.6) is 0 Å². The van der Waals surface area contributed by atoms with Gasteiger partial charge in [0.1, 0.15) is 11.6 Å². The molecule has 0 unspecified atom stereocenters. The highest BCUT2D eigenvalue weighted by Gasteiger charge is 2.25. The van der Waals surface area contributed by atoms with E-state index in [1.165, 1.54) is 23.9 Å². The molecule has 4 nitrogen and oxygen atoms in total. The third-order valence-electron chi connectivity index (χ3n) is 4.83. The average Bonchev–Trinajstić information content (AvgIpc) is 2.68. The quantitative estimate of drug-likeness (QED) is 0.635. The van der Waals surface area contributed by atoms with Gasteiger partial charge in [-0.25, -0.2) is 9.37 Å². The first-order valence-electron chi connectivity index (χ1n) is 9.05. The number of para-hydroxylation sites is 1. The van der Waals surface area contributed by atoms with Crippen LogP contribution in [0.2, 0.25) is 0 Å². The Hall–Kier alpha value is -2.47. The third kappa shape index (κ3) is 3.81. The molecule has 27 heavy (non-hydrogen) atoms. The molecule has 0 amide bonds. The van der Waals surface area contributed by atoms with E-state index < -0.39 is 0 Å². The molecule has 0 N–H and O–H groups in total. The number of ketones is 1. The summed E-state index contributed by atoms with van der Waals surface area (Å²) < 4.78 is 14.8. The molecule has 1 aromatic heterocycles. The Balaban J connectivity index is 1.78. The van der Waals surface area contributed by atoms with Gasteiger partial charge in [-0.15, -0.1) is 0 Å². The van der Waals surface area contributed by atoms with Crippen molar-refractivity contribution in [2.45, 2.75) is 42.6 Å². The Morgan fingerprint density at radius 1 is 1.07 bits per heavy atom. The highest BCUT2D eigenvalue weighted by Crippen LogP contribution is 2.31. The maximum atomic E-state index is 13.2. The molecule has 0 saturated heterocycles. The maximum absolute atomic E-state index is 13.2. The van der Waals surface area contributed by atoms with Gasteiger partial charge in [-0.2, -0.15) is 0 Å². The molecule has 0 bridgehead atoms. The Bertz CT molecular complexity index is 1050. The highest BCUT2D eigenvalue weighted by atomic mass is 32.2. The third-order valence-corrected chi connectivity index (χ3v) is 6.13. The fourth-order valence-electron chi connectivity index (χ4n) is 3.35. The van der Waals surface area contributed by atoms with Crippen LogP contribution in [-0.2, 0) is 11.3 Å². The number of carbonyl (C=O) groups excluding carboxylic acids is 1. The number of benzene rings is 2. The van der Waals surface area contributed by atoms with Gasteiger partial charge in [0.05, 0.1) is 22.7 Å². The van der Waals surface area contributed by atoms with Crippen LogP contribution in [0.15, 0.2) is 58.5 Å². The summed E-state index contributed by atoms with van der Waals surface area (Å²) in [5.41, 5.74) is 1.30. The molecular weight excluding hydrogens is 363 g/mol. The van der Waals surface area contributed by atoms with Crippen molar-refractivity contribution < 1.29 is 9.18 Å². The second kappa shape index (κ2) is 7.64. The number of aromatic nitrogens is 2.